The number of nitrogens with zero attached hydrogens (tertiary/aromatic N) is 3. The maximum atomic E-state index is 5.56. The van der Waals surface area contributed by atoms with Crippen molar-refractivity contribution in [3.05, 3.63) is 42.9 Å². The lowest BCUT2D eigenvalue weighted by Crippen LogP contribution is -2.00. The number of nitrogen functional groups attached to an aromatic ring is 1. The number of methoxy groups -OCH3 is 1. The van der Waals surface area contributed by atoms with E-state index < -0.39 is 0 Å². The molecule has 100 valence electrons. The van der Waals surface area contributed by atoms with Crippen LogP contribution in [0.2, 0.25) is 0 Å². The number of pyridine rings is 1. The summed E-state index contributed by atoms with van der Waals surface area (Å²) in [6.45, 7) is 0. The van der Waals surface area contributed by atoms with Gasteiger partial charge in [0.15, 0.2) is 0 Å². The van der Waals surface area contributed by atoms with Gasteiger partial charge in [-0.2, -0.15) is 0 Å². The molecule has 2 aromatic heterocycles. The summed E-state index contributed by atoms with van der Waals surface area (Å²) in [5.74, 6) is 1.89. The van der Waals surface area contributed by atoms with Crippen molar-refractivity contribution in [1.29, 1.82) is 0 Å². The van der Waals surface area contributed by atoms with Crippen molar-refractivity contribution in [2.45, 2.75) is 0 Å². The second-order valence-corrected chi connectivity index (χ2v) is 4.21. The summed E-state index contributed by atoms with van der Waals surface area (Å²) >= 11 is 0. The molecule has 3 N–H and O–H groups in total. The van der Waals surface area contributed by atoms with E-state index in [0.717, 1.165) is 16.5 Å². The molecule has 3 rings (SSSR count). The van der Waals surface area contributed by atoms with Gasteiger partial charge in [0.2, 0.25) is 5.95 Å². The van der Waals surface area contributed by atoms with Crippen LogP contribution in [0.1, 0.15) is 0 Å². The minimum atomic E-state index is 0.446. The maximum absolute atomic E-state index is 5.56. The molecule has 0 aliphatic carbocycles. The maximum Gasteiger partial charge on any atom is 0.228 e. The van der Waals surface area contributed by atoms with Gasteiger partial charge in [0, 0.05) is 11.6 Å². The number of aromatic nitrogens is 3. The van der Waals surface area contributed by atoms with Gasteiger partial charge in [-0.25, -0.2) is 15.0 Å². The summed E-state index contributed by atoms with van der Waals surface area (Å²) in [5.41, 5.74) is 6.08. The predicted molar refractivity (Wildman–Crippen MR) is 78.0 cm³/mol. The summed E-state index contributed by atoms with van der Waals surface area (Å²) in [5, 5.41) is 5.07. The third-order valence-electron chi connectivity index (χ3n) is 2.88. The number of anilines is 3. The molecule has 0 saturated heterocycles. The summed E-state index contributed by atoms with van der Waals surface area (Å²) in [7, 11) is 1.63. The first-order chi connectivity index (χ1) is 9.76. The molecule has 1 aromatic carbocycles. The lowest BCUT2D eigenvalue weighted by molar-refractivity contribution is 0.415. The van der Waals surface area contributed by atoms with Crippen LogP contribution in [-0.2, 0) is 0 Å². The van der Waals surface area contributed by atoms with Gasteiger partial charge in [0.05, 0.1) is 25.2 Å². The largest absolute Gasteiger partial charge is 0.497 e. The average Bonchev–Trinajstić information content (AvgIpc) is 2.49. The van der Waals surface area contributed by atoms with E-state index in [9.17, 15) is 0 Å². The smallest absolute Gasteiger partial charge is 0.228 e. The molecular formula is C14H13N5O. The number of rotatable bonds is 3. The summed E-state index contributed by atoms with van der Waals surface area (Å²) in [6.07, 6.45) is 4.82. The zero-order chi connectivity index (χ0) is 13.9. The van der Waals surface area contributed by atoms with Crippen LogP contribution in [0.15, 0.2) is 42.9 Å². The fourth-order valence-electron chi connectivity index (χ4n) is 1.88. The van der Waals surface area contributed by atoms with E-state index in [1.54, 1.807) is 25.7 Å². The standard InChI is InChI=1S/C14H13N5O/c1-20-11-3-2-9-4-5-16-13(12(9)6-11)19-14-17-7-10(15)8-18-14/h2-8H,15H2,1H3,(H,16,17,18,19). The molecule has 20 heavy (non-hydrogen) atoms. The second-order valence-electron chi connectivity index (χ2n) is 4.21. The van der Waals surface area contributed by atoms with E-state index in [1.165, 1.54) is 0 Å². The number of ether oxygens (including phenoxy) is 1. The Balaban J connectivity index is 2.04. The number of benzene rings is 1. The number of nitrogens with two attached hydrogens (primary N) is 1. The van der Waals surface area contributed by atoms with Crippen LogP contribution in [0.3, 0.4) is 0 Å². The highest BCUT2D eigenvalue weighted by molar-refractivity contribution is 5.93. The van der Waals surface area contributed by atoms with Crippen LogP contribution in [0.4, 0.5) is 17.5 Å². The van der Waals surface area contributed by atoms with Gasteiger partial charge < -0.3 is 15.8 Å². The first-order valence-corrected chi connectivity index (χ1v) is 6.03. The molecular weight excluding hydrogens is 254 g/mol. The van der Waals surface area contributed by atoms with Crippen LogP contribution in [0.25, 0.3) is 10.8 Å². The first kappa shape index (κ1) is 12.2. The lowest BCUT2D eigenvalue weighted by Gasteiger charge is -2.08. The molecule has 6 heteroatoms. The topological polar surface area (TPSA) is 86.0 Å². The van der Waals surface area contributed by atoms with Gasteiger partial charge in [0.1, 0.15) is 11.6 Å². The Morgan fingerprint density at radius 1 is 1.10 bits per heavy atom. The van der Waals surface area contributed by atoms with Crippen LogP contribution in [0.5, 0.6) is 5.75 Å². The van der Waals surface area contributed by atoms with Gasteiger partial charge in [0.25, 0.3) is 0 Å². The van der Waals surface area contributed by atoms with Crippen molar-refractivity contribution < 1.29 is 4.74 Å². The summed E-state index contributed by atoms with van der Waals surface area (Å²) in [6, 6.07) is 7.74. The molecule has 0 amide bonds. The van der Waals surface area contributed by atoms with Crippen molar-refractivity contribution >= 4 is 28.2 Å². The van der Waals surface area contributed by atoms with Crippen molar-refractivity contribution in [2.24, 2.45) is 0 Å². The minimum Gasteiger partial charge on any atom is -0.497 e. The number of hydrogen-bond acceptors (Lipinski definition) is 6. The Hall–Kier alpha value is -2.89. The zero-order valence-electron chi connectivity index (χ0n) is 10.9. The normalized spacial score (nSPS) is 10.4. The van der Waals surface area contributed by atoms with E-state index in [0.29, 0.717) is 17.5 Å². The number of hydrogen-bond donors (Lipinski definition) is 2. The summed E-state index contributed by atoms with van der Waals surface area (Å²) < 4.78 is 5.24. The van der Waals surface area contributed by atoms with E-state index in [2.05, 4.69) is 20.3 Å². The van der Waals surface area contributed by atoms with Crippen molar-refractivity contribution in [1.82, 2.24) is 15.0 Å². The molecule has 0 aliphatic rings. The average molecular weight is 267 g/mol. The molecule has 3 aromatic rings. The highest BCUT2D eigenvalue weighted by Gasteiger charge is 2.05. The van der Waals surface area contributed by atoms with Gasteiger partial charge in [-0.05, 0) is 23.6 Å². The molecule has 0 radical (unpaired) electrons. The Morgan fingerprint density at radius 2 is 1.90 bits per heavy atom. The first-order valence-electron chi connectivity index (χ1n) is 6.03. The molecule has 0 spiro atoms. The van der Waals surface area contributed by atoms with Gasteiger partial charge in [-0.1, -0.05) is 6.07 Å². The van der Waals surface area contributed by atoms with Crippen LogP contribution in [0, 0.1) is 0 Å². The van der Waals surface area contributed by atoms with E-state index in [1.807, 2.05) is 24.3 Å². The number of nitrogens with one attached hydrogen (secondary N) is 1. The van der Waals surface area contributed by atoms with Crippen LogP contribution >= 0.6 is 0 Å². The highest BCUT2D eigenvalue weighted by Crippen LogP contribution is 2.26. The highest BCUT2D eigenvalue weighted by atomic mass is 16.5. The molecule has 0 bridgehead atoms. The van der Waals surface area contributed by atoms with Crippen LogP contribution in [-0.4, -0.2) is 22.1 Å². The Labute approximate surface area is 115 Å². The molecule has 0 atom stereocenters. The fourth-order valence-corrected chi connectivity index (χ4v) is 1.88. The molecule has 0 aliphatic heterocycles. The van der Waals surface area contributed by atoms with Gasteiger partial charge in [-0.15, -0.1) is 0 Å². The lowest BCUT2D eigenvalue weighted by atomic mass is 10.1. The zero-order valence-corrected chi connectivity index (χ0v) is 10.9. The van der Waals surface area contributed by atoms with Crippen LogP contribution < -0.4 is 15.8 Å². The number of fused-ring (bicyclic) bond motifs is 1. The Morgan fingerprint density at radius 3 is 2.65 bits per heavy atom. The third-order valence-corrected chi connectivity index (χ3v) is 2.88. The van der Waals surface area contributed by atoms with Crippen molar-refractivity contribution in [3.8, 4) is 5.75 Å². The SMILES string of the molecule is COc1ccc2ccnc(Nc3ncc(N)cn3)c2c1. The van der Waals surface area contributed by atoms with E-state index >= 15 is 0 Å². The Bertz CT molecular complexity index is 742. The minimum absolute atomic E-state index is 0.446. The molecule has 0 fully saturated rings. The quantitative estimate of drug-likeness (QED) is 0.757. The van der Waals surface area contributed by atoms with Crippen molar-refractivity contribution in [2.75, 3.05) is 18.2 Å². The monoisotopic (exact) mass is 267 g/mol. The van der Waals surface area contributed by atoms with E-state index in [-0.39, 0.29) is 0 Å². The molecule has 2 heterocycles. The fraction of sp³-hybridized carbons (Fsp3) is 0.0714. The van der Waals surface area contributed by atoms with Crippen molar-refractivity contribution in [3.63, 3.8) is 0 Å². The van der Waals surface area contributed by atoms with Gasteiger partial charge >= 0.3 is 0 Å². The molecule has 0 saturated carbocycles. The molecule has 6 nitrogen and oxygen atoms in total. The summed E-state index contributed by atoms with van der Waals surface area (Å²) in [4.78, 5) is 12.5. The second kappa shape index (κ2) is 5.00. The molecule has 0 unspecified atom stereocenters. The van der Waals surface area contributed by atoms with E-state index in [4.69, 9.17) is 10.5 Å². The van der Waals surface area contributed by atoms with Gasteiger partial charge in [-0.3, -0.25) is 0 Å². The predicted octanol–water partition coefficient (Wildman–Crippen LogP) is 2.36. The Kier molecular flexibility index (Phi) is 3.04. The third kappa shape index (κ3) is 2.31.